The number of aromatic nitrogens is 2. The molecule has 0 atom stereocenters. The first-order chi connectivity index (χ1) is 13.1. The minimum Gasteiger partial charge on any atom is -0.351 e. The summed E-state index contributed by atoms with van der Waals surface area (Å²) in [5.74, 6) is -1.83. The number of hydrogen-bond donors (Lipinski definition) is 1. The van der Waals surface area contributed by atoms with Gasteiger partial charge in [-0.1, -0.05) is 36.4 Å². The zero-order chi connectivity index (χ0) is 19.2. The number of benzene rings is 2. The topological polar surface area (TPSA) is 58.1 Å². The van der Waals surface area contributed by atoms with Gasteiger partial charge in [-0.05, 0) is 24.6 Å². The molecule has 1 amide bonds. The summed E-state index contributed by atoms with van der Waals surface area (Å²) >= 11 is 0. The van der Waals surface area contributed by atoms with Gasteiger partial charge in [0, 0.05) is 13.1 Å². The molecule has 1 aromatic heterocycles. The number of nitrogens with zero attached hydrogens (tertiary/aromatic N) is 3. The van der Waals surface area contributed by atoms with Crippen molar-refractivity contribution in [3.8, 4) is 0 Å². The van der Waals surface area contributed by atoms with E-state index >= 15 is 0 Å². The SMILES string of the molecule is CCN(Cc1ccccc1)c1cnc(C(=O)Nc2c(F)cccc2F)cn1. The largest absolute Gasteiger partial charge is 0.351 e. The predicted octanol–water partition coefficient (Wildman–Crippen LogP) is 4.03. The van der Waals surface area contributed by atoms with E-state index in [1.54, 1.807) is 0 Å². The van der Waals surface area contributed by atoms with E-state index in [1.165, 1.54) is 18.5 Å². The van der Waals surface area contributed by atoms with E-state index in [1.807, 2.05) is 42.2 Å². The lowest BCUT2D eigenvalue weighted by Gasteiger charge is -2.21. The Morgan fingerprint density at radius 1 is 1.00 bits per heavy atom. The highest BCUT2D eigenvalue weighted by atomic mass is 19.1. The number of anilines is 2. The van der Waals surface area contributed by atoms with E-state index in [4.69, 9.17) is 0 Å². The van der Waals surface area contributed by atoms with E-state index < -0.39 is 23.2 Å². The Morgan fingerprint density at radius 3 is 2.30 bits per heavy atom. The van der Waals surface area contributed by atoms with Gasteiger partial charge >= 0.3 is 0 Å². The fourth-order valence-electron chi connectivity index (χ4n) is 2.56. The average Bonchev–Trinajstić information content (AvgIpc) is 2.70. The molecule has 138 valence electrons. The third-order valence-electron chi connectivity index (χ3n) is 3.99. The fraction of sp³-hybridized carbons (Fsp3) is 0.150. The van der Waals surface area contributed by atoms with Crippen molar-refractivity contribution in [1.29, 1.82) is 0 Å². The van der Waals surface area contributed by atoms with Crippen LogP contribution in [0.25, 0.3) is 0 Å². The number of amides is 1. The van der Waals surface area contributed by atoms with Crippen LogP contribution in [0, 0.1) is 11.6 Å². The molecule has 0 unspecified atom stereocenters. The van der Waals surface area contributed by atoms with Gasteiger partial charge in [-0.15, -0.1) is 0 Å². The predicted molar refractivity (Wildman–Crippen MR) is 99.5 cm³/mol. The van der Waals surface area contributed by atoms with Crippen molar-refractivity contribution >= 4 is 17.4 Å². The van der Waals surface area contributed by atoms with Crippen LogP contribution in [0.5, 0.6) is 0 Å². The smallest absolute Gasteiger partial charge is 0.276 e. The van der Waals surface area contributed by atoms with Crippen LogP contribution in [0.4, 0.5) is 20.3 Å². The number of carbonyl (C=O) groups excluding carboxylic acids is 1. The van der Waals surface area contributed by atoms with E-state index in [2.05, 4.69) is 15.3 Å². The second-order valence-electron chi connectivity index (χ2n) is 5.81. The molecule has 1 heterocycles. The summed E-state index contributed by atoms with van der Waals surface area (Å²) in [6.45, 7) is 3.35. The molecule has 27 heavy (non-hydrogen) atoms. The van der Waals surface area contributed by atoms with Crippen molar-refractivity contribution in [1.82, 2.24) is 9.97 Å². The maximum Gasteiger partial charge on any atom is 0.276 e. The van der Waals surface area contributed by atoms with Crippen molar-refractivity contribution in [3.63, 3.8) is 0 Å². The second-order valence-corrected chi connectivity index (χ2v) is 5.81. The molecule has 0 bridgehead atoms. The van der Waals surface area contributed by atoms with Crippen LogP contribution in [-0.4, -0.2) is 22.4 Å². The summed E-state index contributed by atoms with van der Waals surface area (Å²) in [5, 5.41) is 2.19. The minimum atomic E-state index is -0.854. The van der Waals surface area contributed by atoms with Crippen molar-refractivity contribution < 1.29 is 13.6 Å². The summed E-state index contributed by atoms with van der Waals surface area (Å²) in [6.07, 6.45) is 2.76. The molecule has 0 aliphatic rings. The monoisotopic (exact) mass is 368 g/mol. The van der Waals surface area contributed by atoms with E-state index in [0.717, 1.165) is 17.7 Å². The van der Waals surface area contributed by atoms with Crippen molar-refractivity contribution in [2.75, 3.05) is 16.8 Å². The Labute approximate surface area is 155 Å². The lowest BCUT2D eigenvalue weighted by atomic mass is 10.2. The zero-order valence-corrected chi connectivity index (χ0v) is 14.7. The van der Waals surface area contributed by atoms with E-state index in [-0.39, 0.29) is 5.69 Å². The Kier molecular flexibility index (Phi) is 5.71. The molecule has 3 aromatic rings. The van der Waals surface area contributed by atoms with Crippen molar-refractivity contribution in [2.24, 2.45) is 0 Å². The highest BCUT2D eigenvalue weighted by Crippen LogP contribution is 2.19. The van der Waals surface area contributed by atoms with Crippen LogP contribution in [-0.2, 0) is 6.54 Å². The van der Waals surface area contributed by atoms with Gasteiger partial charge in [-0.3, -0.25) is 4.79 Å². The second kappa shape index (κ2) is 8.35. The molecule has 3 rings (SSSR count). The molecular weight excluding hydrogens is 350 g/mol. The van der Waals surface area contributed by atoms with Crippen molar-refractivity contribution in [3.05, 3.63) is 83.8 Å². The van der Waals surface area contributed by atoms with Gasteiger partial charge in [-0.2, -0.15) is 0 Å². The van der Waals surface area contributed by atoms with E-state index in [9.17, 15) is 13.6 Å². The average molecular weight is 368 g/mol. The van der Waals surface area contributed by atoms with Gasteiger partial charge in [0.2, 0.25) is 0 Å². The summed E-state index contributed by atoms with van der Waals surface area (Å²) in [5.41, 5.74) is 0.586. The molecule has 5 nitrogen and oxygen atoms in total. The van der Waals surface area contributed by atoms with Crippen LogP contribution >= 0.6 is 0 Å². The van der Waals surface area contributed by atoms with Crippen LogP contribution < -0.4 is 10.2 Å². The van der Waals surface area contributed by atoms with Crippen molar-refractivity contribution in [2.45, 2.75) is 13.5 Å². The summed E-state index contributed by atoms with van der Waals surface area (Å²) in [6, 6.07) is 13.3. The van der Waals surface area contributed by atoms with Crippen LogP contribution in [0.2, 0.25) is 0 Å². The number of rotatable bonds is 6. The molecule has 0 saturated carbocycles. The maximum atomic E-state index is 13.7. The summed E-state index contributed by atoms with van der Waals surface area (Å²) in [7, 11) is 0. The molecule has 2 aromatic carbocycles. The first-order valence-electron chi connectivity index (χ1n) is 8.44. The van der Waals surface area contributed by atoms with Gasteiger partial charge in [0.25, 0.3) is 5.91 Å². The normalized spacial score (nSPS) is 10.5. The van der Waals surface area contributed by atoms with Gasteiger partial charge < -0.3 is 10.2 Å². The van der Waals surface area contributed by atoms with Crippen LogP contribution in [0.1, 0.15) is 23.0 Å². The first kappa shape index (κ1) is 18.4. The van der Waals surface area contributed by atoms with Gasteiger partial charge in [0.15, 0.2) is 0 Å². The number of para-hydroxylation sites is 1. The zero-order valence-electron chi connectivity index (χ0n) is 14.7. The molecule has 0 radical (unpaired) electrons. The number of nitrogens with one attached hydrogen (secondary N) is 1. The minimum absolute atomic E-state index is 0.0304. The molecule has 0 saturated heterocycles. The van der Waals surface area contributed by atoms with Gasteiger partial charge in [-0.25, -0.2) is 18.7 Å². The highest BCUT2D eigenvalue weighted by molar-refractivity contribution is 6.02. The Hall–Kier alpha value is -3.35. The van der Waals surface area contributed by atoms with E-state index in [0.29, 0.717) is 18.9 Å². The first-order valence-corrected chi connectivity index (χ1v) is 8.44. The Morgan fingerprint density at radius 2 is 1.70 bits per heavy atom. The quantitative estimate of drug-likeness (QED) is 0.714. The molecule has 0 aliphatic carbocycles. The summed E-state index contributed by atoms with van der Waals surface area (Å²) in [4.78, 5) is 22.6. The van der Waals surface area contributed by atoms with Gasteiger partial charge in [0.1, 0.15) is 28.8 Å². The molecule has 7 heteroatoms. The molecule has 1 N–H and O–H groups in total. The van der Waals surface area contributed by atoms with Crippen LogP contribution in [0.3, 0.4) is 0 Å². The Balaban J connectivity index is 1.73. The molecule has 0 spiro atoms. The number of carbonyl (C=O) groups is 1. The molecular formula is C20H18F2N4O. The standard InChI is InChI=1S/C20H18F2N4O/c1-2-26(13-14-7-4-3-5-8-14)18-12-23-17(11-24-18)20(27)25-19-15(21)9-6-10-16(19)22/h3-12H,2,13H2,1H3,(H,25,27). The highest BCUT2D eigenvalue weighted by Gasteiger charge is 2.15. The fourth-order valence-corrected chi connectivity index (χ4v) is 2.56. The lowest BCUT2D eigenvalue weighted by Crippen LogP contribution is -2.24. The van der Waals surface area contributed by atoms with Gasteiger partial charge in [0.05, 0.1) is 12.4 Å². The van der Waals surface area contributed by atoms with Crippen LogP contribution in [0.15, 0.2) is 60.9 Å². The Bertz CT molecular complexity index is 897. The maximum absolute atomic E-state index is 13.7. The number of halogens is 2. The number of hydrogen-bond acceptors (Lipinski definition) is 4. The lowest BCUT2D eigenvalue weighted by molar-refractivity contribution is 0.102. The molecule has 0 aliphatic heterocycles. The third kappa shape index (κ3) is 4.44. The third-order valence-corrected chi connectivity index (χ3v) is 3.99. The molecule has 0 fully saturated rings. The summed E-state index contributed by atoms with van der Waals surface area (Å²) < 4.78 is 27.3.